The summed E-state index contributed by atoms with van der Waals surface area (Å²) in [5.74, 6) is -0.652. The number of rotatable bonds is 6. The van der Waals surface area contributed by atoms with Gasteiger partial charge in [0.05, 0.1) is 12.1 Å². The molecule has 1 aromatic carbocycles. The summed E-state index contributed by atoms with van der Waals surface area (Å²) < 4.78 is 4.98. The first kappa shape index (κ1) is 15.8. The summed E-state index contributed by atoms with van der Waals surface area (Å²) >= 11 is 5.91. The van der Waals surface area contributed by atoms with Crippen LogP contribution in [0.15, 0.2) is 30.9 Å². The molecule has 0 fully saturated rings. The minimum atomic E-state index is -1.13. The minimum Gasteiger partial charge on any atom is -0.495 e. The van der Waals surface area contributed by atoms with E-state index in [1.165, 1.54) is 19.3 Å². The third-order valence-electron chi connectivity index (χ3n) is 2.42. The summed E-state index contributed by atoms with van der Waals surface area (Å²) in [5, 5.41) is 14.1. The number of ether oxygens (including phenoxy) is 1. The van der Waals surface area contributed by atoms with Crippen LogP contribution in [0.2, 0.25) is 5.02 Å². The van der Waals surface area contributed by atoms with Crippen molar-refractivity contribution in [2.75, 3.05) is 12.4 Å². The number of carbonyl (C=O) groups excluding carboxylic acids is 1. The van der Waals surface area contributed by atoms with E-state index in [1.54, 1.807) is 12.1 Å². The fraction of sp³-hybridized carbons (Fsp3) is 0.231. The maximum absolute atomic E-state index is 11.7. The Kier molecular flexibility index (Phi) is 5.86. The van der Waals surface area contributed by atoms with E-state index in [9.17, 15) is 9.59 Å². The maximum Gasteiger partial charge on any atom is 0.326 e. The SMILES string of the molecule is C=CCC(NC(=O)Nc1ccc(OC)c(Cl)c1)C(=O)O. The van der Waals surface area contributed by atoms with E-state index in [2.05, 4.69) is 17.2 Å². The third-order valence-corrected chi connectivity index (χ3v) is 2.71. The molecule has 1 aromatic rings. The Balaban J connectivity index is 2.68. The van der Waals surface area contributed by atoms with Gasteiger partial charge in [0, 0.05) is 5.69 Å². The molecule has 108 valence electrons. The molecule has 0 bridgehead atoms. The van der Waals surface area contributed by atoms with Crippen molar-refractivity contribution in [3.8, 4) is 5.75 Å². The van der Waals surface area contributed by atoms with Crippen molar-refractivity contribution in [3.63, 3.8) is 0 Å². The van der Waals surface area contributed by atoms with E-state index < -0.39 is 18.0 Å². The van der Waals surface area contributed by atoms with Gasteiger partial charge in [0.1, 0.15) is 11.8 Å². The van der Waals surface area contributed by atoms with E-state index in [0.717, 1.165) is 0 Å². The first-order valence-corrected chi connectivity index (χ1v) is 6.10. The van der Waals surface area contributed by atoms with Crippen molar-refractivity contribution in [2.24, 2.45) is 0 Å². The summed E-state index contributed by atoms with van der Waals surface area (Å²) in [4.78, 5) is 22.6. The van der Waals surface area contributed by atoms with Gasteiger partial charge >= 0.3 is 12.0 Å². The number of aliphatic carboxylic acids is 1. The highest BCUT2D eigenvalue weighted by atomic mass is 35.5. The number of halogens is 1. The topological polar surface area (TPSA) is 87.7 Å². The van der Waals surface area contributed by atoms with Crippen LogP contribution in [0.1, 0.15) is 6.42 Å². The van der Waals surface area contributed by atoms with Crippen molar-refractivity contribution in [2.45, 2.75) is 12.5 Å². The van der Waals surface area contributed by atoms with Gasteiger partial charge in [-0.3, -0.25) is 0 Å². The molecular weight excluding hydrogens is 284 g/mol. The van der Waals surface area contributed by atoms with Crippen LogP contribution in [-0.4, -0.2) is 30.3 Å². The van der Waals surface area contributed by atoms with Crippen molar-refractivity contribution in [1.29, 1.82) is 0 Å². The smallest absolute Gasteiger partial charge is 0.326 e. The molecule has 1 rings (SSSR count). The lowest BCUT2D eigenvalue weighted by Crippen LogP contribution is -2.42. The number of amides is 2. The zero-order chi connectivity index (χ0) is 15.1. The molecule has 0 aliphatic rings. The molecule has 0 heterocycles. The number of nitrogens with one attached hydrogen (secondary N) is 2. The fourth-order valence-electron chi connectivity index (χ4n) is 1.46. The molecule has 1 unspecified atom stereocenters. The number of carbonyl (C=O) groups is 2. The van der Waals surface area contributed by atoms with Gasteiger partial charge in [0.15, 0.2) is 0 Å². The molecule has 0 spiro atoms. The first-order valence-electron chi connectivity index (χ1n) is 5.72. The summed E-state index contributed by atoms with van der Waals surface area (Å²) in [6, 6.07) is 3.02. The van der Waals surface area contributed by atoms with Gasteiger partial charge in [-0.15, -0.1) is 6.58 Å². The average Bonchev–Trinajstić information content (AvgIpc) is 2.38. The Bertz CT molecular complexity index is 519. The Morgan fingerprint density at radius 1 is 1.55 bits per heavy atom. The molecular formula is C13H15ClN2O4. The lowest BCUT2D eigenvalue weighted by molar-refractivity contribution is -0.139. The highest BCUT2D eigenvalue weighted by Gasteiger charge is 2.18. The molecule has 20 heavy (non-hydrogen) atoms. The summed E-state index contributed by atoms with van der Waals surface area (Å²) in [5.41, 5.74) is 0.427. The van der Waals surface area contributed by atoms with Crippen molar-refractivity contribution >= 4 is 29.3 Å². The second-order valence-electron chi connectivity index (χ2n) is 3.86. The highest BCUT2D eigenvalue weighted by Crippen LogP contribution is 2.27. The molecule has 2 amide bonds. The second-order valence-corrected chi connectivity index (χ2v) is 4.27. The number of hydrogen-bond donors (Lipinski definition) is 3. The summed E-state index contributed by atoms with van der Waals surface area (Å²) in [6.07, 6.45) is 1.55. The lowest BCUT2D eigenvalue weighted by Gasteiger charge is -2.14. The Morgan fingerprint density at radius 2 is 2.25 bits per heavy atom. The van der Waals surface area contributed by atoms with Crippen LogP contribution in [0.25, 0.3) is 0 Å². The molecule has 7 heteroatoms. The Morgan fingerprint density at radius 3 is 2.75 bits per heavy atom. The molecule has 0 radical (unpaired) electrons. The maximum atomic E-state index is 11.7. The van der Waals surface area contributed by atoms with E-state index in [1.807, 2.05) is 0 Å². The number of hydrogen-bond acceptors (Lipinski definition) is 3. The number of methoxy groups -OCH3 is 1. The molecule has 0 saturated heterocycles. The van der Waals surface area contributed by atoms with Crippen LogP contribution >= 0.6 is 11.6 Å². The molecule has 0 saturated carbocycles. The van der Waals surface area contributed by atoms with Crippen LogP contribution < -0.4 is 15.4 Å². The number of urea groups is 1. The number of carboxylic acids is 1. The van der Waals surface area contributed by atoms with Gasteiger partial charge in [-0.1, -0.05) is 17.7 Å². The van der Waals surface area contributed by atoms with Gasteiger partial charge in [0.25, 0.3) is 0 Å². The van der Waals surface area contributed by atoms with E-state index >= 15 is 0 Å². The van der Waals surface area contributed by atoms with Gasteiger partial charge in [-0.05, 0) is 24.6 Å². The normalized spacial score (nSPS) is 11.3. The molecule has 0 aliphatic heterocycles. The van der Waals surface area contributed by atoms with E-state index in [0.29, 0.717) is 16.5 Å². The van der Waals surface area contributed by atoms with E-state index in [-0.39, 0.29) is 6.42 Å². The molecule has 3 N–H and O–H groups in total. The average molecular weight is 299 g/mol. The molecule has 0 aromatic heterocycles. The standard InChI is InChI=1S/C13H15ClN2O4/c1-3-4-10(12(17)18)16-13(19)15-8-5-6-11(20-2)9(14)7-8/h3,5-7,10H,1,4H2,2H3,(H,17,18)(H2,15,16,19). The number of benzene rings is 1. The van der Waals surface area contributed by atoms with Crippen LogP contribution in [0.5, 0.6) is 5.75 Å². The van der Waals surface area contributed by atoms with Crippen LogP contribution in [0.4, 0.5) is 10.5 Å². The Labute approximate surface area is 121 Å². The minimum absolute atomic E-state index is 0.131. The van der Waals surface area contributed by atoms with Crippen molar-refractivity contribution in [3.05, 3.63) is 35.9 Å². The van der Waals surface area contributed by atoms with Gasteiger partial charge in [-0.2, -0.15) is 0 Å². The number of carboxylic acid groups (broad SMARTS) is 1. The van der Waals surface area contributed by atoms with Gasteiger partial charge in [-0.25, -0.2) is 9.59 Å². The monoisotopic (exact) mass is 298 g/mol. The predicted molar refractivity (Wildman–Crippen MR) is 76.4 cm³/mol. The molecule has 1 atom stereocenters. The fourth-order valence-corrected chi connectivity index (χ4v) is 1.72. The number of anilines is 1. The summed E-state index contributed by atoms with van der Waals surface area (Å²) in [6.45, 7) is 3.44. The first-order chi connectivity index (χ1) is 9.47. The Hall–Kier alpha value is -2.21. The van der Waals surface area contributed by atoms with E-state index in [4.69, 9.17) is 21.4 Å². The van der Waals surface area contributed by atoms with Crippen LogP contribution in [0.3, 0.4) is 0 Å². The lowest BCUT2D eigenvalue weighted by atomic mass is 10.2. The zero-order valence-corrected chi connectivity index (χ0v) is 11.6. The second kappa shape index (κ2) is 7.40. The van der Waals surface area contributed by atoms with Gasteiger partial charge < -0.3 is 20.5 Å². The highest BCUT2D eigenvalue weighted by molar-refractivity contribution is 6.32. The van der Waals surface area contributed by atoms with Crippen LogP contribution in [0, 0.1) is 0 Å². The van der Waals surface area contributed by atoms with Gasteiger partial charge in [0.2, 0.25) is 0 Å². The van der Waals surface area contributed by atoms with Crippen molar-refractivity contribution < 1.29 is 19.4 Å². The van der Waals surface area contributed by atoms with Crippen LogP contribution in [-0.2, 0) is 4.79 Å². The molecule has 6 nitrogen and oxygen atoms in total. The molecule has 0 aliphatic carbocycles. The third kappa shape index (κ3) is 4.47. The predicted octanol–water partition coefficient (Wildman–Crippen LogP) is 2.50. The zero-order valence-electron chi connectivity index (χ0n) is 10.9. The summed E-state index contributed by atoms with van der Waals surface area (Å²) in [7, 11) is 1.48. The van der Waals surface area contributed by atoms with Crippen molar-refractivity contribution in [1.82, 2.24) is 5.32 Å². The largest absolute Gasteiger partial charge is 0.495 e. The quantitative estimate of drug-likeness (QED) is 0.704.